The van der Waals surface area contributed by atoms with E-state index >= 15 is 0 Å². The predicted octanol–water partition coefficient (Wildman–Crippen LogP) is 1.02. The molecule has 0 N–H and O–H groups in total. The Kier molecular flexibility index (Phi) is 3.12. The van der Waals surface area contributed by atoms with Crippen molar-refractivity contribution in [3.63, 3.8) is 0 Å². The fourth-order valence-electron chi connectivity index (χ4n) is 1.46. The zero-order valence-corrected chi connectivity index (χ0v) is 8.25. The molecule has 0 aromatic carbocycles. The Morgan fingerprint density at radius 3 is 2.25 bits per heavy atom. The summed E-state index contributed by atoms with van der Waals surface area (Å²) in [4.78, 5) is 4.67. The topological polar surface area (TPSA) is 6.48 Å². The first-order valence-corrected chi connectivity index (χ1v) is 4.35. The van der Waals surface area contributed by atoms with Gasteiger partial charge in [0.2, 0.25) is 0 Å². The number of nitrogens with zero attached hydrogens (tertiary/aromatic N) is 2. The maximum atomic E-state index is 3.84. The minimum Gasteiger partial charge on any atom is -0.326 e. The number of allylic oxidation sites excluding steroid dienone is 2. The summed E-state index contributed by atoms with van der Waals surface area (Å²) in [5, 5.41) is 0. The first-order chi connectivity index (χ1) is 5.61. The Labute approximate surface area is 75.7 Å². The standard InChI is InChI=1S/C9H17BN2/c1-9(2)5-6-10-11(3)7-8-12(10)4/h5-6H,1,7-8H2,2-4H3/b6-5+. The average molecular weight is 164 g/mol. The molecule has 0 aromatic rings. The third kappa shape index (κ3) is 2.22. The van der Waals surface area contributed by atoms with Crippen molar-refractivity contribution < 1.29 is 0 Å². The largest absolute Gasteiger partial charge is 0.338 e. The molecule has 66 valence electrons. The first kappa shape index (κ1) is 9.55. The molecule has 0 saturated carbocycles. The van der Waals surface area contributed by atoms with Crippen molar-refractivity contribution in [3.05, 3.63) is 24.2 Å². The van der Waals surface area contributed by atoms with Crippen molar-refractivity contribution in [2.24, 2.45) is 0 Å². The molecule has 1 rings (SSSR count). The summed E-state index contributed by atoms with van der Waals surface area (Å²) in [6.07, 6.45) is 2.09. The number of hydrogen-bond acceptors (Lipinski definition) is 2. The monoisotopic (exact) mass is 164 g/mol. The van der Waals surface area contributed by atoms with Crippen LogP contribution in [-0.2, 0) is 0 Å². The highest BCUT2D eigenvalue weighted by atomic mass is 15.3. The minimum absolute atomic E-state index is 0.460. The maximum Gasteiger partial charge on any atom is 0.338 e. The SMILES string of the molecule is C=C(C)/C=C/B1N(C)CCN1C. The Morgan fingerprint density at radius 1 is 1.33 bits per heavy atom. The molecule has 0 unspecified atom stereocenters. The Morgan fingerprint density at radius 2 is 1.83 bits per heavy atom. The third-order valence-electron chi connectivity index (χ3n) is 2.26. The van der Waals surface area contributed by atoms with Crippen molar-refractivity contribution in [2.75, 3.05) is 27.2 Å². The number of hydrogen-bond donors (Lipinski definition) is 0. The molecule has 0 aliphatic carbocycles. The maximum absolute atomic E-state index is 3.84. The molecule has 12 heavy (non-hydrogen) atoms. The molecule has 0 bridgehead atoms. The average Bonchev–Trinajstić information content (AvgIpc) is 2.28. The van der Waals surface area contributed by atoms with E-state index in [1.54, 1.807) is 0 Å². The van der Waals surface area contributed by atoms with Gasteiger partial charge in [0, 0.05) is 13.1 Å². The zero-order chi connectivity index (χ0) is 9.14. The van der Waals surface area contributed by atoms with Crippen LogP contribution in [0.1, 0.15) is 6.92 Å². The molecule has 0 amide bonds. The first-order valence-electron chi connectivity index (χ1n) is 4.35. The summed E-state index contributed by atoms with van der Waals surface area (Å²) in [7, 11) is 4.30. The molecule has 1 heterocycles. The number of rotatable bonds is 2. The molecule has 1 aliphatic heterocycles. The van der Waals surface area contributed by atoms with Gasteiger partial charge in [-0.1, -0.05) is 24.2 Å². The van der Waals surface area contributed by atoms with Gasteiger partial charge < -0.3 is 9.62 Å². The summed E-state index contributed by atoms with van der Waals surface area (Å²) in [6.45, 7) is 8.63. The van der Waals surface area contributed by atoms with Crippen molar-refractivity contribution in [2.45, 2.75) is 6.92 Å². The lowest BCUT2D eigenvalue weighted by molar-refractivity contribution is 0.553. The highest BCUT2D eigenvalue weighted by Gasteiger charge is 2.28. The van der Waals surface area contributed by atoms with Crippen molar-refractivity contribution in [1.29, 1.82) is 0 Å². The molecule has 3 heteroatoms. The van der Waals surface area contributed by atoms with Crippen LogP contribution in [0.2, 0.25) is 0 Å². The van der Waals surface area contributed by atoms with E-state index in [-0.39, 0.29) is 0 Å². The van der Waals surface area contributed by atoms with Gasteiger partial charge >= 0.3 is 6.98 Å². The van der Waals surface area contributed by atoms with Crippen LogP contribution in [0.25, 0.3) is 0 Å². The van der Waals surface area contributed by atoms with Gasteiger partial charge in [0.25, 0.3) is 0 Å². The summed E-state index contributed by atoms with van der Waals surface area (Å²) in [5.41, 5.74) is 1.11. The van der Waals surface area contributed by atoms with E-state index in [9.17, 15) is 0 Å². The lowest BCUT2D eigenvalue weighted by Gasteiger charge is -2.16. The van der Waals surface area contributed by atoms with Crippen LogP contribution < -0.4 is 0 Å². The summed E-state index contributed by atoms with van der Waals surface area (Å²) >= 11 is 0. The predicted molar refractivity (Wildman–Crippen MR) is 55.0 cm³/mol. The quantitative estimate of drug-likeness (QED) is 0.444. The molecule has 1 aliphatic rings. The third-order valence-corrected chi connectivity index (χ3v) is 2.26. The van der Waals surface area contributed by atoms with Crippen LogP contribution in [0.15, 0.2) is 24.2 Å². The van der Waals surface area contributed by atoms with Gasteiger partial charge in [0.15, 0.2) is 0 Å². The second-order valence-corrected chi connectivity index (χ2v) is 3.58. The Balaban J connectivity index is 2.55. The lowest BCUT2D eigenvalue weighted by atomic mass is 9.74. The van der Waals surface area contributed by atoms with Crippen molar-refractivity contribution >= 4 is 6.98 Å². The van der Waals surface area contributed by atoms with Gasteiger partial charge in [-0.3, -0.25) is 0 Å². The molecule has 0 radical (unpaired) electrons. The van der Waals surface area contributed by atoms with Crippen molar-refractivity contribution in [1.82, 2.24) is 9.62 Å². The van der Waals surface area contributed by atoms with E-state index < -0.39 is 0 Å². The molecule has 0 atom stereocenters. The minimum atomic E-state index is 0.460. The highest BCUT2D eigenvalue weighted by molar-refractivity contribution is 6.59. The van der Waals surface area contributed by atoms with Crippen LogP contribution in [0.3, 0.4) is 0 Å². The zero-order valence-electron chi connectivity index (χ0n) is 8.25. The van der Waals surface area contributed by atoms with Crippen LogP contribution in [0.4, 0.5) is 0 Å². The lowest BCUT2D eigenvalue weighted by Crippen LogP contribution is -2.38. The summed E-state index contributed by atoms with van der Waals surface area (Å²) in [5.74, 6) is 2.20. The molecule has 0 aromatic heterocycles. The highest BCUT2D eigenvalue weighted by Crippen LogP contribution is 2.07. The molecule has 1 saturated heterocycles. The van der Waals surface area contributed by atoms with Crippen molar-refractivity contribution in [3.8, 4) is 0 Å². The van der Waals surface area contributed by atoms with Crippen LogP contribution in [0.5, 0.6) is 0 Å². The summed E-state index contributed by atoms with van der Waals surface area (Å²) < 4.78 is 0. The fourth-order valence-corrected chi connectivity index (χ4v) is 1.46. The smallest absolute Gasteiger partial charge is 0.326 e. The van der Waals surface area contributed by atoms with Gasteiger partial charge in [-0.2, -0.15) is 0 Å². The van der Waals surface area contributed by atoms with Gasteiger partial charge in [0.05, 0.1) is 0 Å². The van der Waals surface area contributed by atoms with E-state index in [2.05, 4.69) is 42.3 Å². The van der Waals surface area contributed by atoms with E-state index in [1.165, 1.54) is 0 Å². The molecular weight excluding hydrogens is 147 g/mol. The van der Waals surface area contributed by atoms with E-state index in [0.29, 0.717) is 6.98 Å². The molecular formula is C9H17BN2. The van der Waals surface area contributed by atoms with E-state index in [4.69, 9.17) is 0 Å². The normalized spacial score (nSPS) is 21.1. The summed E-state index contributed by atoms with van der Waals surface area (Å²) in [6, 6.07) is 0. The second-order valence-electron chi connectivity index (χ2n) is 3.58. The van der Waals surface area contributed by atoms with Gasteiger partial charge in [-0.15, -0.1) is 0 Å². The van der Waals surface area contributed by atoms with Crippen LogP contribution >= 0.6 is 0 Å². The second kappa shape index (κ2) is 3.92. The Bertz CT molecular complexity index is 191. The van der Waals surface area contributed by atoms with Gasteiger partial charge in [-0.25, -0.2) is 0 Å². The number of likely N-dealkylation sites (N-methyl/N-ethyl adjacent to an activating group) is 2. The molecule has 1 fully saturated rings. The van der Waals surface area contributed by atoms with Gasteiger partial charge in [-0.05, 0) is 21.0 Å². The van der Waals surface area contributed by atoms with Gasteiger partial charge in [0.1, 0.15) is 0 Å². The van der Waals surface area contributed by atoms with Crippen LogP contribution in [0, 0.1) is 0 Å². The van der Waals surface area contributed by atoms with Crippen LogP contribution in [-0.4, -0.2) is 43.8 Å². The fraction of sp³-hybridized carbons (Fsp3) is 0.556. The van der Waals surface area contributed by atoms with E-state index in [1.807, 2.05) is 6.92 Å². The molecule has 2 nitrogen and oxygen atoms in total. The van der Waals surface area contributed by atoms with E-state index in [0.717, 1.165) is 18.7 Å². The Hall–Kier alpha value is -0.535. The molecule has 0 spiro atoms.